The predicted octanol–water partition coefficient (Wildman–Crippen LogP) is 5.50. The summed E-state index contributed by atoms with van der Waals surface area (Å²) in [5.41, 5.74) is 1.49. The Labute approximate surface area is 125 Å². The van der Waals surface area contributed by atoms with Crippen molar-refractivity contribution in [3.63, 3.8) is 0 Å². The molecule has 1 nitrogen and oxygen atoms in total. The van der Waals surface area contributed by atoms with Crippen LogP contribution in [-0.2, 0) is 5.41 Å². The lowest BCUT2D eigenvalue weighted by molar-refractivity contribution is 0.300. The van der Waals surface area contributed by atoms with Gasteiger partial charge in [-0.1, -0.05) is 32.9 Å². The lowest BCUT2D eigenvalue weighted by Crippen LogP contribution is -2.07. The van der Waals surface area contributed by atoms with Gasteiger partial charge in [0.15, 0.2) is 0 Å². The molecule has 3 rings (SSSR count). The van der Waals surface area contributed by atoms with Gasteiger partial charge in [0.1, 0.15) is 5.75 Å². The lowest BCUT2D eigenvalue weighted by atomic mass is 9.95. The number of hydrogen-bond donors (Lipinski definition) is 0. The van der Waals surface area contributed by atoms with Crippen LogP contribution >= 0.6 is 11.3 Å². The Hall–Kier alpha value is -1.28. The second-order valence-corrected chi connectivity index (χ2v) is 7.78. The van der Waals surface area contributed by atoms with Gasteiger partial charge in [0.25, 0.3) is 0 Å². The molecule has 20 heavy (non-hydrogen) atoms. The second kappa shape index (κ2) is 5.25. The van der Waals surface area contributed by atoms with Gasteiger partial charge >= 0.3 is 0 Å². The Morgan fingerprint density at radius 1 is 1.15 bits per heavy atom. The van der Waals surface area contributed by atoms with Crippen LogP contribution in [0.4, 0.5) is 0 Å². The van der Waals surface area contributed by atoms with Gasteiger partial charge in [-0.25, -0.2) is 0 Å². The zero-order valence-electron chi connectivity index (χ0n) is 12.5. The van der Waals surface area contributed by atoms with E-state index in [-0.39, 0.29) is 5.41 Å². The van der Waals surface area contributed by atoms with Gasteiger partial charge in [-0.2, -0.15) is 0 Å². The number of thiophene rings is 1. The van der Waals surface area contributed by atoms with Gasteiger partial charge in [-0.05, 0) is 54.0 Å². The van der Waals surface area contributed by atoms with E-state index in [1.807, 2.05) is 11.3 Å². The number of rotatable bonds is 4. The van der Waals surface area contributed by atoms with Crippen molar-refractivity contribution in [1.82, 2.24) is 0 Å². The molecule has 0 radical (unpaired) electrons. The van der Waals surface area contributed by atoms with Crippen molar-refractivity contribution < 1.29 is 4.74 Å². The Balaban J connectivity index is 1.78. The van der Waals surface area contributed by atoms with Crippen LogP contribution in [0.25, 0.3) is 10.4 Å². The Morgan fingerprint density at radius 2 is 1.95 bits per heavy atom. The molecule has 0 bridgehead atoms. The molecule has 0 N–H and O–H groups in total. The second-order valence-electron chi connectivity index (χ2n) is 6.70. The summed E-state index contributed by atoms with van der Waals surface area (Å²) in [6.07, 6.45) is 2.67. The largest absolute Gasteiger partial charge is 0.493 e. The standard InChI is InChI=1S/C18H22OS/c1-18(2,3)17-10-9-16(20-17)14-5-4-6-15(11-14)19-12-13-7-8-13/h4-6,9-11,13H,7-8,12H2,1-3H3. The highest BCUT2D eigenvalue weighted by Crippen LogP contribution is 2.36. The van der Waals surface area contributed by atoms with Crippen molar-refractivity contribution in [3.05, 3.63) is 41.3 Å². The van der Waals surface area contributed by atoms with Crippen LogP contribution in [0.1, 0.15) is 38.5 Å². The number of benzene rings is 1. The quantitative estimate of drug-likeness (QED) is 0.721. The molecule has 1 aromatic heterocycles. The van der Waals surface area contributed by atoms with Crippen molar-refractivity contribution in [1.29, 1.82) is 0 Å². The van der Waals surface area contributed by atoms with E-state index in [1.54, 1.807) is 0 Å². The Bertz CT molecular complexity index is 587. The number of hydrogen-bond acceptors (Lipinski definition) is 2. The molecule has 1 heterocycles. The summed E-state index contributed by atoms with van der Waals surface area (Å²) in [5.74, 6) is 1.80. The van der Waals surface area contributed by atoms with E-state index in [2.05, 4.69) is 57.2 Å². The van der Waals surface area contributed by atoms with Crippen LogP contribution in [0.3, 0.4) is 0 Å². The average Bonchev–Trinajstić information content (AvgIpc) is 3.09. The highest BCUT2D eigenvalue weighted by Gasteiger charge is 2.22. The third-order valence-corrected chi connectivity index (χ3v) is 5.21. The van der Waals surface area contributed by atoms with Crippen LogP contribution in [-0.4, -0.2) is 6.61 Å². The van der Waals surface area contributed by atoms with Crippen LogP contribution in [0.15, 0.2) is 36.4 Å². The maximum absolute atomic E-state index is 5.87. The van der Waals surface area contributed by atoms with Crippen LogP contribution in [0, 0.1) is 5.92 Å². The smallest absolute Gasteiger partial charge is 0.119 e. The van der Waals surface area contributed by atoms with Gasteiger partial charge < -0.3 is 4.74 Å². The molecule has 2 heteroatoms. The molecular weight excluding hydrogens is 264 g/mol. The molecule has 0 unspecified atom stereocenters. The molecule has 0 spiro atoms. The fourth-order valence-electron chi connectivity index (χ4n) is 2.13. The minimum absolute atomic E-state index is 0.225. The fourth-order valence-corrected chi connectivity index (χ4v) is 3.19. The van der Waals surface area contributed by atoms with E-state index in [4.69, 9.17) is 4.74 Å². The topological polar surface area (TPSA) is 9.23 Å². The summed E-state index contributed by atoms with van der Waals surface area (Å²) in [6.45, 7) is 7.66. The summed E-state index contributed by atoms with van der Waals surface area (Å²) >= 11 is 1.88. The molecule has 0 aliphatic heterocycles. The normalized spacial score (nSPS) is 15.3. The van der Waals surface area contributed by atoms with E-state index in [9.17, 15) is 0 Å². The Kier molecular flexibility index (Phi) is 3.59. The fraction of sp³-hybridized carbons (Fsp3) is 0.444. The van der Waals surface area contributed by atoms with E-state index in [0.717, 1.165) is 18.3 Å². The minimum Gasteiger partial charge on any atom is -0.493 e. The molecule has 106 valence electrons. The summed E-state index contributed by atoms with van der Waals surface area (Å²) in [6, 6.07) is 13.0. The SMILES string of the molecule is CC(C)(C)c1ccc(-c2cccc(OCC3CC3)c2)s1. The third kappa shape index (κ3) is 3.24. The van der Waals surface area contributed by atoms with E-state index in [1.165, 1.54) is 28.2 Å². The summed E-state index contributed by atoms with van der Waals surface area (Å²) in [7, 11) is 0. The minimum atomic E-state index is 0.225. The zero-order chi connectivity index (χ0) is 14.2. The van der Waals surface area contributed by atoms with Crippen molar-refractivity contribution in [2.75, 3.05) is 6.61 Å². The van der Waals surface area contributed by atoms with E-state index >= 15 is 0 Å². The molecule has 1 saturated carbocycles. The maximum Gasteiger partial charge on any atom is 0.119 e. The summed E-state index contributed by atoms with van der Waals surface area (Å²) in [4.78, 5) is 2.75. The first-order valence-corrected chi connectivity index (χ1v) is 8.17. The first-order chi connectivity index (χ1) is 9.52. The molecule has 0 amide bonds. The molecule has 1 fully saturated rings. The molecule has 1 aliphatic rings. The first kappa shape index (κ1) is 13.7. The zero-order valence-corrected chi connectivity index (χ0v) is 13.3. The van der Waals surface area contributed by atoms with Gasteiger partial charge in [0.2, 0.25) is 0 Å². The summed E-state index contributed by atoms with van der Waals surface area (Å²) in [5, 5.41) is 0. The first-order valence-electron chi connectivity index (χ1n) is 7.36. The molecule has 1 aliphatic carbocycles. The van der Waals surface area contributed by atoms with Gasteiger partial charge in [-0.3, -0.25) is 0 Å². The monoisotopic (exact) mass is 286 g/mol. The summed E-state index contributed by atoms with van der Waals surface area (Å²) < 4.78 is 5.87. The van der Waals surface area contributed by atoms with Crippen molar-refractivity contribution in [2.24, 2.45) is 5.92 Å². The molecule has 1 aromatic carbocycles. The van der Waals surface area contributed by atoms with Crippen molar-refractivity contribution >= 4 is 11.3 Å². The molecule has 0 saturated heterocycles. The lowest BCUT2D eigenvalue weighted by Gasteiger charge is -2.15. The van der Waals surface area contributed by atoms with Crippen molar-refractivity contribution in [3.8, 4) is 16.2 Å². The van der Waals surface area contributed by atoms with E-state index in [0.29, 0.717) is 0 Å². The van der Waals surface area contributed by atoms with E-state index < -0.39 is 0 Å². The van der Waals surface area contributed by atoms with Crippen molar-refractivity contribution in [2.45, 2.75) is 39.0 Å². The molecular formula is C18H22OS. The van der Waals surface area contributed by atoms with Gasteiger partial charge in [0, 0.05) is 9.75 Å². The number of ether oxygens (including phenoxy) is 1. The van der Waals surface area contributed by atoms with Crippen LogP contribution in [0.5, 0.6) is 5.75 Å². The average molecular weight is 286 g/mol. The highest BCUT2D eigenvalue weighted by molar-refractivity contribution is 7.15. The van der Waals surface area contributed by atoms with Gasteiger partial charge in [0.05, 0.1) is 6.61 Å². The van der Waals surface area contributed by atoms with Gasteiger partial charge in [-0.15, -0.1) is 11.3 Å². The molecule has 0 atom stereocenters. The Morgan fingerprint density at radius 3 is 2.60 bits per heavy atom. The highest BCUT2D eigenvalue weighted by atomic mass is 32.1. The van der Waals surface area contributed by atoms with Crippen LogP contribution < -0.4 is 4.74 Å². The maximum atomic E-state index is 5.87. The van der Waals surface area contributed by atoms with Crippen LogP contribution in [0.2, 0.25) is 0 Å². The predicted molar refractivity (Wildman–Crippen MR) is 86.7 cm³/mol. The molecule has 2 aromatic rings. The third-order valence-electron chi connectivity index (χ3n) is 3.65.